The fraction of sp³-hybridized carbons (Fsp3) is 0.441. The van der Waals surface area contributed by atoms with E-state index in [0.29, 0.717) is 53.0 Å². The number of piperidine rings is 2. The van der Waals surface area contributed by atoms with Gasteiger partial charge in [-0.05, 0) is 75.0 Å². The second kappa shape index (κ2) is 14.7. The molecule has 0 radical (unpaired) electrons. The van der Waals surface area contributed by atoms with Crippen LogP contribution in [0.25, 0.3) is 11.1 Å². The van der Waals surface area contributed by atoms with Crippen LogP contribution in [0.2, 0.25) is 10.0 Å². The predicted octanol–water partition coefficient (Wildman–Crippen LogP) is 6.65. The first-order valence-corrected chi connectivity index (χ1v) is 15.8. The molecule has 0 spiro atoms. The van der Waals surface area contributed by atoms with Crippen LogP contribution in [0.1, 0.15) is 42.4 Å². The second-order valence-electron chi connectivity index (χ2n) is 11.5. The lowest BCUT2D eigenvalue weighted by molar-refractivity contribution is -0.124. The molecule has 2 aliphatic rings. The minimum atomic E-state index is -0.219. The van der Waals surface area contributed by atoms with E-state index in [4.69, 9.17) is 37.4 Å². The maximum Gasteiger partial charge on any atom is 0.237 e. The molecule has 230 valence electrons. The first-order chi connectivity index (χ1) is 20.8. The van der Waals surface area contributed by atoms with E-state index in [0.717, 1.165) is 60.3 Å². The summed E-state index contributed by atoms with van der Waals surface area (Å²) in [6, 6.07) is 15.5. The maximum atomic E-state index is 12.1. The predicted molar refractivity (Wildman–Crippen MR) is 173 cm³/mol. The average Bonchev–Trinajstić information content (AvgIpc) is 3.00. The summed E-state index contributed by atoms with van der Waals surface area (Å²) in [6.45, 7) is 6.45. The van der Waals surface area contributed by atoms with Gasteiger partial charge in [-0.1, -0.05) is 53.5 Å². The molecule has 0 aliphatic carbocycles. The summed E-state index contributed by atoms with van der Waals surface area (Å²) in [5.41, 5.74) is 4.93. The van der Waals surface area contributed by atoms with E-state index in [9.17, 15) is 4.79 Å². The summed E-state index contributed by atoms with van der Waals surface area (Å²) in [4.78, 5) is 14.5. The van der Waals surface area contributed by atoms with Crippen molar-refractivity contribution in [1.29, 1.82) is 0 Å². The van der Waals surface area contributed by atoms with Crippen LogP contribution in [0, 0.1) is 12.8 Å². The van der Waals surface area contributed by atoms with Gasteiger partial charge in [-0.15, -0.1) is 0 Å². The highest BCUT2D eigenvalue weighted by molar-refractivity contribution is 6.35. The molecule has 2 saturated heterocycles. The third kappa shape index (κ3) is 7.76. The first-order valence-electron chi connectivity index (χ1n) is 15.0. The average molecular weight is 627 g/mol. The Bertz CT molecular complexity index is 1430. The highest BCUT2D eigenvalue weighted by Crippen LogP contribution is 2.39. The van der Waals surface area contributed by atoms with Crippen molar-refractivity contribution < 1.29 is 19.0 Å². The molecule has 2 fully saturated rings. The minimum Gasteiger partial charge on any atom is -0.496 e. The van der Waals surface area contributed by atoms with Gasteiger partial charge in [-0.2, -0.15) is 0 Å². The van der Waals surface area contributed by atoms with Crippen molar-refractivity contribution in [2.24, 2.45) is 5.92 Å². The normalized spacial score (nSPS) is 19.1. The Morgan fingerprint density at radius 1 is 0.977 bits per heavy atom. The van der Waals surface area contributed by atoms with E-state index in [1.54, 1.807) is 13.2 Å². The number of hydrogen-bond acceptors (Lipinski definition) is 6. The molecule has 5 rings (SSSR count). The van der Waals surface area contributed by atoms with E-state index >= 15 is 0 Å². The van der Waals surface area contributed by atoms with Crippen molar-refractivity contribution in [3.05, 3.63) is 75.3 Å². The summed E-state index contributed by atoms with van der Waals surface area (Å²) >= 11 is 13.6. The van der Waals surface area contributed by atoms with Crippen LogP contribution in [0.15, 0.2) is 48.5 Å². The molecule has 0 aromatic heterocycles. The number of likely N-dealkylation sites (tertiary alicyclic amines) is 1. The quantitative estimate of drug-likeness (QED) is 0.249. The Kier molecular flexibility index (Phi) is 10.7. The standard InChI is InChI=1S/C34H41Cl2N3O4/c1-22-24(21-43-32-17-31(41-3)25(16-28(32)35)18-38-29-12-6-14-37-34(29)40)9-4-10-26(22)27-11-5-13-30(33(27)36)42-20-23-8-7-15-39(2)19-23/h4-5,9-11,13,16-17,23,29,38H,6-8,12,14-15,18-21H2,1-3H3,(H,37,40)/t23?,29-/m0/s1. The molecule has 3 aromatic rings. The van der Waals surface area contributed by atoms with Gasteiger partial charge in [0, 0.05) is 42.7 Å². The number of carbonyl (C=O) groups is 1. The number of rotatable bonds is 11. The third-order valence-corrected chi connectivity index (χ3v) is 9.12. The lowest BCUT2D eigenvalue weighted by Crippen LogP contribution is -2.47. The molecule has 1 amide bonds. The lowest BCUT2D eigenvalue weighted by Gasteiger charge is -2.29. The van der Waals surface area contributed by atoms with Crippen molar-refractivity contribution in [3.8, 4) is 28.4 Å². The van der Waals surface area contributed by atoms with Crippen molar-refractivity contribution in [3.63, 3.8) is 0 Å². The van der Waals surface area contributed by atoms with Gasteiger partial charge in [0.05, 0.1) is 29.8 Å². The van der Waals surface area contributed by atoms with Crippen molar-refractivity contribution in [2.75, 3.05) is 40.4 Å². The van der Waals surface area contributed by atoms with Gasteiger partial charge in [0.15, 0.2) is 0 Å². The molecule has 2 atom stereocenters. The fourth-order valence-electron chi connectivity index (χ4n) is 5.95. The number of nitrogens with one attached hydrogen (secondary N) is 2. The number of ether oxygens (including phenoxy) is 3. The maximum absolute atomic E-state index is 12.1. The van der Waals surface area contributed by atoms with Crippen molar-refractivity contribution in [2.45, 2.75) is 51.8 Å². The van der Waals surface area contributed by atoms with Gasteiger partial charge < -0.3 is 29.7 Å². The van der Waals surface area contributed by atoms with Gasteiger partial charge in [0.25, 0.3) is 0 Å². The topological polar surface area (TPSA) is 72.1 Å². The zero-order valence-electron chi connectivity index (χ0n) is 25.2. The fourth-order valence-corrected chi connectivity index (χ4v) is 6.47. The lowest BCUT2D eigenvalue weighted by atomic mass is 9.96. The van der Waals surface area contributed by atoms with Gasteiger partial charge in [-0.25, -0.2) is 0 Å². The Morgan fingerprint density at radius 3 is 2.58 bits per heavy atom. The summed E-state index contributed by atoms with van der Waals surface area (Å²) in [6.07, 6.45) is 4.14. The highest BCUT2D eigenvalue weighted by Gasteiger charge is 2.23. The largest absolute Gasteiger partial charge is 0.496 e. The number of carbonyl (C=O) groups excluding carboxylic acids is 1. The van der Waals surface area contributed by atoms with E-state index in [1.807, 2.05) is 36.4 Å². The number of nitrogens with zero attached hydrogens (tertiary/aromatic N) is 1. The highest BCUT2D eigenvalue weighted by atomic mass is 35.5. The monoisotopic (exact) mass is 625 g/mol. The Morgan fingerprint density at radius 2 is 1.79 bits per heavy atom. The van der Waals surface area contributed by atoms with Gasteiger partial charge in [0.1, 0.15) is 23.9 Å². The Balaban J connectivity index is 1.27. The van der Waals surface area contributed by atoms with Crippen molar-refractivity contribution in [1.82, 2.24) is 15.5 Å². The number of benzene rings is 3. The molecule has 43 heavy (non-hydrogen) atoms. The van der Waals surface area contributed by atoms with E-state index in [1.165, 1.54) is 12.8 Å². The Labute approximate surface area is 264 Å². The van der Waals surface area contributed by atoms with Gasteiger partial charge >= 0.3 is 0 Å². The van der Waals surface area contributed by atoms with Crippen LogP contribution in [-0.2, 0) is 17.9 Å². The molecule has 9 heteroatoms. The summed E-state index contributed by atoms with van der Waals surface area (Å²) in [5.74, 6) is 2.43. The molecule has 7 nitrogen and oxygen atoms in total. The van der Waals surface area contributed by atoms with Crippen LogP contribution in [-0.4, -0.2) is 57.2 Å². The number of methoxy groups -OCH3 is 1. The molecule has 2 aliphatic heterocycles. The van der Waals surface area contributed by atoms with Crippen molar-refractivity contribution >= 4 is 29.1 Å². The zero-order chi connectivity index (χ0) is 30.3. The van der Waals surface area contributed by atoms with Gasteiger partial charge in [0.2, 0.25) is 5.91 Å². The van der Waals surface area contributed by atoms with Crippen LogP contribution in [0.5, 0.6) is 17.2 Å². The smallest absolute Gasteiger partial charge is 0.237 e. The Hall–Kier alpha value is -2.97. The number of halogens is 2. The third-order valence-electron chi connectivity index (χ3n) is 8.44. The van der Waals surface area contributed by atoms with Crippen LogP contribution < -0.4 is 24.8 Å². The van der Waals surface area contributed by atoms with Crippen LogP contribution in [0.4, 0.5) is 0 Å². The molecule has 2 heterocycles. The van der Waals surface area contributed by atoms with E-state index in [2.05, 4.69) is 35.6 Å². The summed E-state index contributed by atoms with van der Waals surface area (Å²) in [5, 5.41) is 7.32. The molecule has 0 bridgehead atoms. The number of hydrogen-bond donors (Lipinski definition) is 2. The van der Waals surface area contributed by atoms with E-state index < -0.39 is 0 Å². The van der Waals surface area contributed by atoms with E-state index in [-0.39, 0.29) is 11.9 Å². The van der Waals surface area contributed by atoms with Crippen LogP contribution >= 0.6 is 23.2 Å². The molecular weight excluding hydrogens is 585 g/mol. The molecular formula is C34H41Cl2N3O4. The summed E-state index contributed by atoms with van der Waals surface area (Å²) < 4.78 is 18.1. The molecule has 2 N–H and O–H groups in total. The number of amides is 1. The summed E-state index contributed by atoms with van der Waals surface area (Å²) in [7, 11) is 3.78. The second-order valence-corrected chi connectivity index (χ2v) is 12.3. The molecule has 3 aromatic carbocycles. The minimum absolute atomic E-state index is 0.0295. The SMILES string of the molecule is COc1cc(OCc2cccc(-c3cccc(OCC4CCCN(C)C4)c3Cl)c2C)c(Cl)cc1CN[C@H]1CCCNC1=O. The molecule has 0 saturated carbocycles. The van der Waals surface area contributed by atoms with Gasteiger partial charge in [-0.3, -0.25) is 4.79 Å². The van der Waals surface area contributed by atoms with Crippen LogP contribution in [0.3, 0.4) is 0 Å². The molecule has 1 unspecified atom stereocenters. The first kappa shape index (κ1) is 31.5. The zero-order valence-corrected chi connectivity index (χ0v) is 26.7.